The molecule has 1 aliphatic rings. The molecule has 1 N–H and O–H groups in total. The molecular formula is C40H26N4O. The summed E-state index contributed by atoms with van der Waals surface area (Å²) in [6.45, 7) is 0. The number of nitrogens with one attached hydrogen (secondary N) is 1. The largest absolute Gasteiger partial charge is 0.456 e. The third-order valence-electron chi connectivity index (χ3n) is 8.56. The summed E-state index contributed by atoms with van der Waals surface area (Å²) in [4.78, 5) is 14.7. The van der Waals surface area contributed by atoms with Gasteiger partial charge in [0.05, 0.1) is 5.52 Å². The molecule has 45 heavy (non-hydrogen) atoms. The first kappa shape index (κ1) is 25.4. The van der Waals surface area contributed by atoms with Crippen molar-refractivity contribution in [2.75, 3.05) is 0 Å². The first-order valence-corrected chi connectivity index (χ1v) is 15.1. The van der Waals surface area contributed by atoms with E-state index in [9.17, 15) is 0 Å². The van der Waals surface area contributed by atoms with Crippen molar-refractivity contribution in [1.29, 1.82) is 0 Å². The molecule has 0 amide bonds. The molecule has 0 radical (unpaired) electrons. The summed E-state index contributed by atoms with van der Waals surface area (Å²) in [6, 6.07) is 48.1. The van der Waals surface area contributed by atoms with Crippen molar-refractivity contribution in [2.24, 2.45) is 9.98 Å². The summed E-state index contributed by atoms with van der Waals surface area (Å²) < 4.78 is 6.34. The average molecular weight is 579 g/mol. The Bertz CT molecular complexity index is 2460. The predicted molar refractivity (Wildman–Crippen MR) is 184 cm³/mol. The van der Waals surface area contributed by atoms with Crippen molar-refractivity contribution >= 4 is 55.3 Å². The van der Waals surface area contributed by atoms with E-state index in [2.05, 4.69) is 101 Å². The second-order valence-electron chi connectivity index (χ2n) is 11.3. The fourth-order valence-electron chi connectivity index (χ4n) is 6.40. The van der Waals surface area contributed by atoms with Crippen LogP contribution in [0.4, 0.5) is 0 Å². The molecule has 9 rings (SSSR count). The lowest BCUT2D eigenvalue weighted by Gasteiger charge is -2.24. The number of aliphatic imine (C=N–C) groups is 2. The molecule has 0 spiro atoms. The molecule has 5 heteroatoms. The van der Waals surface area contributed by atoms with E-state index in [-0.39, 0.29) is 6.17 Å². The van der Waals surface area contributed by atoms with E-state index in [0.29, 0.717) is 5.84 Å². The molecule has 1 atom stereocenters. The second-order valence-corrected chi connectivity index (χ2v) is 11.3. The molecule has 1 aliphatic heterocycles. The van der Waals surface area contributed by atoms with Crippen molar-refractivity contribution in [3.8, 4) is 11.1 Å². The van der Waals surface area contributed by atoms with Crippen LogP contribution in [0.25, 0.3) is 54.7 Å². The van der Waals surface area contributed by atoms with Crippen molar-refractivity contribution in [1.82, 2.24) is 10.3 Å². The molecule has 0 fully saturated rings. The molecular weight excluding hydrogens is 552 g/mol. The number of rotatable bonds is 4. The van der Waals surface area contributed by atoms with Gasteiger partial charge < -0.3 is 9.73 Å². The summed E-state index contributed by atoms with van der Waals surface area (Å²) in [5, 5.41) is 9.11. The first-order chi connectivity index (χ1) is 22.3. The van der Waals surface area contributed by atoms with Gasteiger partial charge in [0.25, 0.3) is 0 Å². The van der Waals surface area contributed by atoms with Crippen molar-refractivity contribution in [2.45, 2.75) is 6.17 Å². The lowest BCUT2D eigenvalue weighted by atomic mass is 9.95. The Morgan fingerprint density at radius 1 is 0.578 bits per heavy atom. The van der Waals surface area contributed by atoms with Crippen LogP contribution in [0, 0.1) is 0 Å². The number of nitrogens with zero attached hydrogens (tertiary/aromatic N) is 3. The summed E-state index contributed by atoms with van der Waals surface area (Å²) in [6.07, 6.45) is 1.58. The Morgan fingerprint density at radius 3 is 2.27 bits per heavy atom. The zero-order valence-electron chi connectivity index (χ0n) is 24.2. The third-order valence-corrected chi connectivity index (χ3v) is 8.56. The van der Waals surface area contributed by atoms with Crippen LogP contribution >= 0.6 is 0 Å². The maximum absolute atomic E-state index is 6.34. The van der Waals surface area contributed by atoms with Gasteiger partial charge in [-0.05, 0) is 57.8 Å². The van der Waals surface area contributed by atoms with E-state index in [4.69, 9.17) is 14.4 Å². The predicted octanol–water partition coefficient (Wildman–Crippen LogP) is 9.45. The highest BCUT2D eigenvalue weighted by molar-refractivity contribution is 6.19. The molecule has 212 valence electrons. The zero-order valence-corrected chi connectivity index (χ0v) is 24.2. The van der Waals surface area contributed by atoms with Crippen LogP contribution in [0.1, 0.15) is 22.9 Å². The van der Waals surface area contributed by atoms with E-state index in [1.54, 1.807) is 0 Å². The van der Waals surface area contributed by atoms with Gasteiger partial charge in [0, 0.05) is 33.5 Å². The number of fused-ring (bicyclic) bond motifs is 5. The van der Waals surface area contributed by atoms with Gasteiger partial charge in [-0.25, -0.2) is 9.98 Å². The summed E-state index contributed by atoms with van der Waals surface area (Å²) in [5.74, 6) is 1.52. The van der Waals surface area contributed by atoms with Crippen LogP contribution in [-0.2, 0) is 0 Å². The molecule has 6 aromatic carbocycles. The Kier molecular flexibility index (Phi) is 5.81. The lowest BCUT2D eigenvalue weighted by Crippen LogP contribution is -2.33. The Balaban J connectivity index is 1.18. The van der Waals surface area contributed by atoms with Crippen molar-refractivity contribution in [3.05, 3.63) is 162 Å². The molecule has 5 nitrogen and oxygen atoms in total. The van der Waals surface area contributed by atoms with E-state index in [0.717, 1.165) is 77.3 Å². The van der Waals surface area contributed by atoms with Gasteiger partial charge in [0.1, 0.15) is 23.2 Å². The van der Waals surface area contributed by atoms with Gasteiger partial charge in [0.15, 0.2) is 5.84 Å². The monoisotopic (exact) mass is 578 g/mol. The van der Waals surface area contributed by atoms with Gasteiger partial charge in [-0.3, -0.25) is 4.98 Å². The second kappa shape index (κ2) is 10.3. The Labute approximate surface area is 259 Å². The van der Waals surface area contributed by atoms with Crippen LogP contribution in [0.15, 0.2) is 160 Å². The van der Waals surface area contributed by atoms with Gasteiger partial charge in [-0.1, -0.05) is 109 Å². The maximum atomic E-state index is 6.34. The fraction of sp³-hybridized carbons (Fsp3) is 0.0250. The molecule has 0 saturated carbocycles. The quantitative estimate of drug-likeness (QED) is 0.226. The van der Waals surface area contributed by atoms with Crippen LogP contribution in [-0.4, -0.2) is 16.7 Å². The number of aromatic nitrogens is 1. The third kappa shape index (κ3) is 4.36. The highest BCUT2D eigenvalue weighted by Gasteiger charge is 2.22. The van der Waals surface area contributed by atoms with E-state index in [1.807, 2.05) is 54.7 Å². The highest BCUT2D eigenvalue weighted by Crippen LogP contribution is 2.39. The molecule has 0 bridgehead atoms. The van der Waals surface area contributed by atoms with Crippen molar-refractivity contribution < 1.29 is 4.42 Å². The van der Waals surface area contributed by atoms with E-state index < -0.39 is 0 Å². The van der Waals surface area contributed by atoms with Crippen LogP contribution < -0.4 is 5.32 Å². The Hall–Kier alpha value is -6.07. The van der Waals surface area contributed by atoms with Gasteiger partial charge >= 0.3 is 0 Å². The minimum absolute atomic E-state index is 0.249. The number of hydrogen-bond donors (Lipinski definition) is 1. The molecule has 0 saturated heterocycles. The summed E-state index contributed by atoms with van der Waals surface area (Å²) in [5.41, 5.74) is 8.06. The number of amidine groups is 2. The fourth-order valence-corrected chi connectivity index (χ4v) is 6.40. The number of hydrogen-bond acceptors (Lipinski definition) is 5. The molecule has 8 aromatic rings. The SMILES string of the molecule is c1ccc(C2=NC(c3ccccc3)NC(c3cccc4cc(-c5cccc6oc7cc8cccnc8cc7c56)ccc34)=N2)cc1. The molecule has 3 heterocycles. The summed E-state index contributed by atoms with van der Waals surface area (Å²) in [7, 11) is 0. The number of pyridine rings is 1. The van der Waals surface area contributed by atoms with Crippen LogP contribution in [0.2, 0.25) is 0 Å². The number of furan rings is 1. The molecule has 0 aliphatic carbocycles. The average Bonchev–Trinajstić information content (AvgIpc) is 3.48. The smallest absolute Gasteiger partial charge is 0.159 e. The van der Waals surface area contributed by atoms with Gasteiger partial charge in [-0.2, -0.15) is 0 Å². The first-order valence-electron chi connectivity index (χ1n) is 15.1. The van der Waals surface area contributed by atoms with Crippen molar-refractivity contribution in [3.63, 3.8) is 0 Å². The normalized spacial score (nSPS) is 14.9. The van der Waals surface area contributed by atoms with Gasteiger partial charge in [-0.15, -0.1) is 0 Å². The molecule has 2 aromatic heterocycles. The zero-order chi connectivity index (χ0) is 29.7. The lowest BCUT2D eigenvalue weighted by molar-refractivity contribution is 0.669. The highest BCUT2D eigenvalue weighted by atomic mass is 16.3. The van der Waals surface area contributed by atoms with Crippen LogP contribution in [0.5, 0.6) is 0 Å². The van der Waals surface area contributed by atoms with E-state index >= 15 is 0 Å². The minimum atomic E-state index is -0.249. The topological polar surface area (TPSA) is 62.8 Å². The maximum Gasteiger partial charge on any atom is 0.159 e. The number of benzene rings is 6. The molecule has 1 unspecified atom stereocenters. The summed E-state index contributed by atoms with van der Waals surface area (Å²) >= 11 is 0. The van der Waals surface area contributed by atoms with Crippen LogP contribution in [0.3, 0.4) is 0 Å². The standard InChI is InChI=1S/C40H26N4O/c1-3-10-25(11-4-1)38-42-39(26-12-5-2-6-13-26)44-40(43-38)32-17-7-14-27-22-28(19-20-30(27)32)31-16-8-18-35-37(31)33-24-34-29(15-9-21-41-34)23-36(33)45-35/h1-24,38H,(H,42,43,44). The van der Waals surface area contributed by atoms with E-state index in [1.165, 1.54) is 0 Å². The minimum Gasteiger partial charge on any atom is -0.456 e. The van der Waals surface area contributed by atoms with Gasteiger partial charge in [0.2, 0.25) is 0 Å². The Morgan fingerprint density at radius 2 is 1.38 bits per heavy atom.